The monoisotopic (exact) mass is 312 g/mol. The number of hydrogen-bond donors (Lipinski definition) is 1. The molecule has 0 saturated carbocycles. The summed E-state index contributed by atoms with van der Waals surface area (Å²) in [5.74, 6) is 0.913. The number of rotatable bonds is 4. The first kappa shape index (κ1) is 17.8. The van der Waals surface area contributed by atoms with Crippen LogP contribution in [0.25, 0.3) is 0 Å². The van der Waals surface area contributed by atoms with E-state index in [-0.39, 0.29) is 24.9 Å². The van der Waals surface area contributed by atoms with E-state index in [4.69, 9.17) is 4.74 Å². The SMILES string of the molecule is CNC1CCCN(C(=O)COc2c(C)cccc2C)C1.Cl. The quantitative estimate of drug-likeness (QED) is 0.927. The van der Waals surface area contributed by atoms with Crippen molar-refractivity contribution >= 4 is 18.3 Å². The Balaban J connectivity index is 0.00000220. The van der Waals surface area contributed by atoms with Crippen LogP contribution in [0.4, 0.5) is 0 Å². The molecule has 1 aliphatic rings. The third-order valence-electron chi connectivity index (χ3n) is 3.93. The predicted octanol–water partition coefficient (Wildman–Crippen LogP) is 2.31. The Bertz CT molecular complexity index is 459. The highest BCUT2D eigenvalue weighted by atomic mass is 35.5. The molecular formula is C16H25ClN2O2. The van der Waals surface area contributed by atoms with Gasteiger partial charge in [0.15, 0.2) is 6.61 Å². The van der Waals surface area contributed by atoms with Crippen LogP contribution in [0, 0.1) is 13.8 Å². The maximum absolute atomic E-state index is 12.2. The van der Waals surface area contributed by atoms with Gasteiger partial charge in [0.25, 0.3) is 5.91 Å². The van der Waals surface area contributed by atoms with Crippen molar-refractivity contribution in [3.05, 3.63) is 29.3 Å². The van der Waals surface area contributed by atoms with E-state index >= 15 is 0 Å². The zero-order valence-electron chi connectivity index (χ0n) is 13.0. The van der Waals surface area contributed by atoms with Gasteiger partial charge in [-0.15, -0.1) is 12.4 Å². The summed E-state index contributed by atoms with van der Waals surface area (Å²) in [5.41, 5.74) is 2.15. The molecule has 1 aromatic carbocycles. The number of carbonyl (C=O) groups is 1. The van der Waals surface area contributed by atoms with Crippen molar-refractivity contribution in [2.24, 2.45) is 0 Å². The molecule has 0 spiro atoms. The average Bonchev–Trinajstić information content (AvgIpc) is 2.46. The molecule has 1 N–H and O–H groups in total. The number of nitrogens with one attached hydrogen (secondary N) is 1. The van der Waals surface area contributed by atoms with Crippen molar-refractivity contribution in [2.45, 2.75) is 32.7 Å². The van der Waals surface area contributed by atoms with Crippen LogP contribution in [-0.4, -0.2) is 43.6 Å². The second kappa shape index (κ2) is 8.25. The molecule has 21 heavy (non-hydrogen) atoms. The predicted molar refractivity (Wildman–Crippen MR) is 87.3 cm³/mol. The number of piperidine rings is 1. The highest BCUT2D eigenvalue weighted by molar-refractivity contribution is 5.85. The number of aryl methyl sites for hydroxylation is 2. The molecule has 5 heteroatoms. The van der Waals surface area contributed by atoms with Gasteiger partial charge in [-0.2, -0.15) is 0 Å². The first-order chi connectivity index (χ1) is 9.61. The van der Waals surface area contributed by atoms with E-state index in [2.05, 4.69) is 5.32 Å². The van der Waals surface area contributed by atoms with Crippen LogP contribution in [0.3, 0.4) is 0 Å². The first-order valence-corrected chi connectivity index (χ1v) is 7.26. The van der Waals surface area contributed by atoms with Gasteiger partial charge in [0, 0.05) is 19.1 Å². The van der Waals surface area contributed by atoms with E-state index in [1.165, 1.54) is 0 Å². The summed E-state index contributed by atoms with van der Waals surface area (Å²) in [6.45, 7) is 5.76. The molecule has 1 aromatic rings. The van der Waals surface area contributed by atoms with Crippen LogP contribution < -0.4 is 10.1 Å². The number of nitrogens with zero attached hydrogens (tertiary/aromatic N) is 1. The fourth-order valence-corrected chi connectivity index (χ4v) is 2.69. The Kier molecular flexibility index (Phi) is 6.99. The van der Waals surface area contributed by atoms with Gasteiger partial charge in [-0.05, 0) is 44.9 Å². The molecule has 0 aliphatic carbocycles. The van der Waals surface area contributed by atoms with Crippen molar-refractivity contribution in [1.82, 2.24) is 10.2 Å². The molecule has 1 atom stereocenters. The highest BCUT2D eigenvalue weighted by Crippen LogP contribution is 2.22. The van der Waals surface area contributed by atoms with Gasteiger partial charge in [-0.25, -0.2) is 0 Å². The first-order valence-electron chi connectivity index (χ1n) is 7.26. The topological polar surface area (TPSA) is 41.6 Å². The van der Waals surface area contributed by atoms with Gasteiger partial charge in [0.2, 0.25) is 0 Å². The maximum atomic E-state index is 12.2. The van der Waals surface area contributed by atoms with Crippen molar-refractivity contribution < 1.29 is 9.53 Å². The molecule has 0 aromatic heterocycles. The summed E-state index contributed by atoms with van der Waals surface area (Å²) < 4.78 is 5.74. The normalized spacial score (nSPS) is 18.0. The molecule has 118 valence electrons. The van der Waals surface area contributed by atoms with E-state index in [1.54, 1.807) is 0 Å². The van der Waals surface area contributed by atoms with Crippen molar-refractivity contribution in [2.75, 3.05) is 26.7 Å². The number of likely N-dealkylation sites (tertiary alicyclic amines) is 1. The summed E-state index contributed by atoms with van der Waals surface area (Å²) in [4.78, 5) is 14.1. The summed E-state index contributed by atoms with van der Waals surface area (Å²) >= 11 is 0. The number of ether oxygens (including phenoxy) is 1. The Morgan fingerprint density at radius 2 is 2.05 bits per heavy atom. The van der Waals surface area contributed by atoms with Gasteiger partial charge in [0.1, 0.15) is 5.75 Å². The number of likely N-dealkylation sites (N-methyl/N-ethyl adjacent to an activating group) is 1. The lowest BCUT2D eigenvalue weighted by molar-refractivity contribution is -0.134. The van der Waals surface area contributed by atoms with Gasteiger partial charge in [-0.3, -0.25) is 4.79 Å². The summed E-state index contributed by atoms with van der Waals surface area (Å²) in [6, 6.07) is 6.42. The van der Waals surface area contributed by atoms with Gasteiger partial charge in [-0.1, -0.05) is 18.2 Å². The lowest BCUT2D eigenvalue weighted by Crippen LogP contribution is -2.48. The molecule has 1 unspecified atom stereocenters. The van der Waals surface area contributed by atoms with Gasteiger partial charge < -0.3 is 15.0 Å². The highest BCUT2D eigenvalue weighted by Gasteiger charge is 2.22. The van der Waals surface area contributed by atoms with Gasteiger partial charge in [0.05, 0.1) is 0 Å². The van der Waals surface area contributed by atoms with E-state index in [0.717, 1.165) is 42.8 Å². The number of hydrogen-bond acceptors (Lipinski definition) is 3. The van der Waals surface area contributed by atoms with E-state index in [9.17, 15) is 4.79 Å². The number of amides is 1. The van der Waals surface area contributed by atoms with Crippen LogP contribution in [0.2, 0.25) is 0 Å². The zero-order chi connectivity index (χ0) is 14.5. The van der Waals surface area contributed by atoms with Crippen LogP contribution >= 0.6 is 12.4 Å². The summed E-state index contributed by atoms with van der Waals surface area (Å²) in [6.07, 6.45) is 2.19. The molecular weight excluding hydrogens is 288 g/mol. The Hall–Kier alpha value is -1.26. The fraction of sp³-hybridized carbons (Fsp3) is 0.562. The molecule has 0 radical (unpaired) electrons. The molecule has 1 amide bonds. The maximum Gasteiger partial charge on any atom is 0.260 e. The van der Waals surface area contributed by atoms with Crippen LogP contribution in [0.1, 0.15) is 24.0 Å². The number of carbonyl (C=O) groups excluding carboxylic acids is 1. The standard InChI is InChI=1S/C16H24N2O2.ClH/c1-12-6-4-7-13(2)16(12)20-11-15(19)18-9-5-8-14(10-18)17-3;/h4,6-7,14,17H,5,8-11H2,1-3H3;1H. The average molecular weight is 313 g/mol. The summed E-state index contributed by atoms with van der Waals surface area (Å²) in [5, 5.41) is 3.25. The second-order valence-corrected chi connectivity index (χ2v) is 5.48. The van der Waals surface area contributed by atoms with Crippen molar-refractivity contribution in [1.29, 1.82) is 0 Å². The third kappa shape index (κ3) is 4.61. The molecule has 1 heterocycles. The Morgan fingerprint density at radius 3 is 2.67 bits per heavy atom. The minimum absolute atomic E-state index is 0. The van der Waals surface area contributed by atoms with Crippen LogP contribution in [-0.2, 0) is 4.79 Å². The minimum Gasteiger partial charge on any atom is -0.483 e. The largest absolute Gasteiger partial charge is 0.483 e. The van der Waals surface area contributed by atoms with Crippen LogP contribution in [0.15, 0.2) is 18.2 Å². The number of benzene rings is 1. The molecule has 2 rings (SSSR count). The van der Waals surface area contributed by atoms with Crippen molar-refractivity contribution in [3.63, 3.8) is 0 Å². The lowest BCUT2D eigenvalue weighted by atomic mass is 10.1. The Labute approximate surface area is 133 Å². The molecule has 1 aliphatic heterocycles. The molecule has 0 bridgehead atoms. The van der Waals surface area contributed by atoms with E-state index < -0.39 is 0 Å². The fourth-order valence-electron chi connectivity index (χ4n) is 2.69. The molecule has 1 fully saturated rings. The molecule has 4 nitrogen and oxygen atoms in total. The third-order valence-corrected chi connectivity index (χ3v) is 3.93. The van der Waals surface area contributed by atoms with Crippen molar-refractivity contribution in [3.8, 4) is 5.75 Å². The smallest absolute Gasteiger partial charge is 0.260 e. The lowest BCUT2D eigenvalue weighted by Gasteiger charge is -2.32. The summed E-state index contributed by atoms with van der Waals surface area (Å²) in [7, 11) is 1.95. The Morgan fingerprint density at radius 1 is 1.38 bits per heavy atom. The van der Waals surface area contributed by atoms with E-state index in [0.29, 0.717) is 6.04 Å². The van der Waals surface area contributed by atoms with Gasteiger partial charge >= 0.3 is 0 Å². The molecule has 1 saturated heterocycles. The van der Waals surface area contributed by atoms with Crippen LogP contribution in [0.5, 0.6) is 5.75 Å². The second-order valence-electron chi connectivity index (χ2n) is 5.48. The van der Waals surface area contributed by atoms with E-state index in [1.807, 2.05) is 44.0 Å². The minimum atomic E-state index is 0. The zero-order valence-corrected chi connectivity index (χ0v) is 13.8. The number of para-hydroxylation sites is 1. The number of halogens is 1.